The first-order valence-corrected chi connectivity index (χ1v) is 37.0. The second kappa shape index (κ2) is 45.1. The minimum atomic E-state index is -2.15. The molecule has 0 N–H and O–H groups in total. The maximum atomic E-state index is 14.8. The number of para-hydroxylation sites is 8. The predicted octanol–water partition coefficient (Wildman–Crippen LogP) is 11.3. The monoisotopic (exact) mass is 1650 g/mol. The highest BCUT2D eigenvalue weighted by atomic mass is 16.6. The van der Waals surface area contributed by atoms with E-state index in [-0.39, 0.29) is 99.0 Å². The molecule has 120 heavy (non-hydrogen) atoms. The zero-order valence-corrected chi connectivity index (χ0v) is 66.6. The fraction of sp³-hybridized carbons (Fsp3) is 0.295. The third kappa shape index (κ3) is 28.5. The van der Waals surface area contributed by atoms with E-state index in [1.54, 1.807) is 36.4 Å². The number of rotatable bonds is 43. The van der Waals surface area contributed by atoms with E-state index >= 15 is 0 Å². The van der Waals surface area contributed by atoms with Crippen LogP contribution in [-0.4, -0.2) is 163 Å². The summed E-state index contributed by atoms with van der Waals surface area (Å²) in [5, 5.41) is 0. The van der Waals surface area contributed by atoms with E-state index < -0.39 is 179 Å². The molecule has 32 nitrogen and oxygen atoms in total. The van der Waals surface area contributed by atoms with Crippen LogP contribution in [0.4, 0.5) is 0 Å². The van der Waals surface area contributed by atoms with Gasteiger partial charge in [0.1, 0.15) is 119 Å². The summed E-state index contributed by atoms with van der Waals surface area (Å²) in [5.41, 5.74) is -6.78. The van der Waals surface area contributed by atoms with Gasteiger partial charge in [0.15, 0.2) is 0 Å². The Morgan fingerprint density at radius 3 is 0.642 bits per heavy atom. The summed E-state index contributed by atoms with van der Waals surface area (Å²) < 4.78 is 106. The maximum Gasteiger partial charge on any atom is 0.341 e. The molecule has 0 radical (unpaired) electrons. The van der Waals surface area contributed by atoms with Crippen molar-refractivity contribution in [1.29, 1.82) is 0 Å². The molecule has 0 amide bonds. The van der Waals surface area contributed by atoms with Gasteiger partial charge in [0.05, 0.1) is 62.5 Å². The molecule has 0 aliphatic heterocycles. The summed E-state index contributed by atoms with van der Waals surface area (Å²) in [5.74, 6) is -14.0. The SMILES string of the molecule is CC(=O)Oc1ccccc1COCC(COCCC(COCc1ccccc1OC(C)=O)(COC(=O)c1ccccc1OC(C)=O)COC(=O)c1ccccc1OC(C)=O)(COCC(COC(=O)c1ccccc1OC(C)=O)(COC(=O)c1ccccc1OC(C)=O)COC(=O)c1ccccc1OC(C)=O)COC(=O)c1ccccc1OC(C)=O. The molecule has 0 aliphatic carbocycles. The minimum absolute atomic E-state index is 0.0704. The van der Waals surface area contributed by atoms with Gasteiger partial charge in [-0.05, 0) is 91.3 Å². The van der Waals surface area contributed by atoms with Gasteiger partial charge in [0, 0.05) is 73.1 Å². The van der Waals surface area contributed by atoms with E-state index in [1.807, 2.05) is 0 Å². The zero-order valence-electron chi connectivity index (χ0n) is 66.6. The van der Waals surface area contributed by atoms with Crippen molar-refractivity contribution in [1.82, 2.24) is 0 Å². The highest BCUT2D eigenvalue weighted by Crippen LogP contribution is 2.35. The smallest absolute Gasteiger partial charge is 0.341 e. The lowest BCUT2D eigenvalue weighted by molar-refractivity contribution is -0.133. The third-order valence-electron chi connectivity index (χ3n) is 17.0. The highest BCUT2D eigenvalue weighted by Gasteiger charge is 2.43. The van der Waals surface area contributed by atoms with Crippen LogP contribution >= 0.6 is 0 Å². The van der Waals surface area contributed by atoms with Crippen molar-refractivity contribution in [2.45, 2.75) is 75.0 Å². The van der Waals surface area contributed by atoms with Crippen molar-refractivity contribution in [2.24, 2.45) is 16.2 Å². The predicted molar refractivity (Wildman–Crippen MR) is 417 cm³/mol. The molecule has 630 valence electrons. The Kier molecular flexibility index (Phi) is 34.4. The average Bonchev–Trinajstić information content (AvgIpc) is 0.822. The molecule has 8 rings (SSSR count). The van der Waals surface area contributed by atoms with Crippen LogP contribution in [0.25, 0.3) is 0 Å². The summed E-state index contributed by atoms with van der Waals surface area (Å²) in [6, 6.07) is 45.9. The maximum absolute atomic E-state index is 14.8. The van der Waals surface area contributed by atoms with Gasteiger partial charge in [-0.25, -0.2) is 28.8 Å². The molecule has 32 heteroatoms. The van der Waals surface area contributed by atoms with Crippen LogP contribution in [0.15, 0.2) is 194 Å². The van der Waals surface area contributed by atoms with Crippen molar-refractivity contribution in [3.05, 3.63) is 239 Å². The highest BCUT2D eigenvalue weighted by molar-refractivity contribution is 5.97. The van der Waals surface area contributed by atoms with E-state index in [0.29, 0.717) is 11.1 Å². The molecule has 1 atom stereocenters. The summed E-state index contributed by atoms with van der Waals surface area (Å²) >= 11 is 0. The van der Waals surface area contributed by atoms with Crippen LogP contribution < -0.4 is 37.9 Å². The fourth-order valence-electron chi connectivity index (χ4n) is 11.5. The quantitative estimate of drug-likeness (QED) is 0.0148. The summed E-state index contributed by atoms with van der Waals surface area (Å²) in [7, 11) is 0. The van der Waals surface area contributed by atoms with Crippen molar-refractivity contribution in [3.63, 3.8) is 0 Å². The first-order valence-electron chi connectivity index (χ1n) is 37.0. The molecule has 8 aromatic carbocycles. The van der Waals surface area contributed by atoms with E-state index in [2.05, 4.69) is 0 Å². The molecule has 8 aromatic rings. The van der Waals surface area contributed by atoms with E-state index in [0.717, 1.165) is 41.5 Å². The van der Waals surface area contributed by atoms with Gasteiger partial charge in [-0.2, -0.15) is 0 Å². The van der Waals surface area contributed by atoms with Crippen molar-refractivity contribution in [3.8, 4) is 46.0 Å². The number of carbonyl (C=O) groups is 14. The lowest BCUT2D eigenvalue weighted by Crippen LogP contribution is -2.47. The Morgan fingerprint density at radius 1 is 0.208 bits per heavy atom. The number of ether oxygens (including phenoxy) is 18. The van der Waals surface area contributed by atoms with Gasteiger partial charge < -0.3 is 85.3 Å². The Labute approximate surface area is 688 Å². The van der Waals surface area contributed by atoms with Gasteiger partial charge in [-0.1, -0.05) is 109 Å². The van der Waals surface area contributed by atoms with Crippen LogP contribution in [0, 0.1) is 16.2 Å². The lowest BCUT2D eigenvalue weighted by atomic mass is 9.87. The molecule has 0 saturated carbocycles. The van der Waals surface area contributed by atoms with E-state index in [9.17, 15) is 67.1 Å². The molecule has 0 spiro atoms. The third-order valence-corrected chi connectivity index (χ3v) is 17.0. The normalized spacial score (nSPS) is 11.5. The molecule has 0 aliphatic rings. The van der Waals surface area contributed by atoms with Crippen LogP contribution in [0.2, 0.25) is 0 Å². The largest absolute Gasteiger partial charge is 0.461 e. The Bertz CT molecular complexity index is 4770. The number of benzene rings is 8. The van der Waals surface area contributed by atoms with Crippen LogP contribution in [0.5, 0.6) is 46.0 Å². The van der Waals surface area contributed by atoms with Crippen LogP contribution in [0.1, 0.15) is 135 Å². The standard InChI is InChI=1S/C88H86O32/c1-56(89)113-72-33-17-9-25-64(72)43-104-45-86(50-107-80(97)66-27-11-19-35-74(66)115-58(3)91,51-108-81(98)67-28-12-20-36-75(67)116-59(4)92)41-42-103-46-87(47-105-44-65-26-10-18-34-73(65)114-57(2)90,52-109-82(99)68-29-13-21-37-76(68)117-60(5)93)48-106-49-88(53-110-83(100)69-30-14-22-38-77(69)118-61(6)94,54-111-84(101)70-31-15-23-39-78(70)119-62(7)95)55-112-85(102)71-32-16-24-40-79(71)120-63(8)96/h9-40H,41-55H2,1-8H3. The fourth-order valence-corrected chi connectivity index (χ4v) is 11.5. The van der Waals surface area contributed by atoms with Crippen molar-refractivity contribution < 1.29 is 152 Å². The molecule has 0 saturated heterocycles. The molecular weight excluding hydrogens is 1570 g/mol. The van der Waals surface area contributed by atoms with Crippen molar-refractivity contribution >= 4 is 83.6 Å². The van der Waals surface area contributed by atoms with Crippen LogP contribution in [0.3, 0.4) is 0 Å². The summed E-state index contributed by atoms with van der Waals surface area (Å²) in [6.07, 6.45) is -0.355. The summed E-state index contributed by atoms with van der Waals surface area (Å²) in [4.78, 5) is 187. The second-order valence-electron chi connectivity index (χ2n) is 27.2. The second-order valence-corrected chi connectivity index (χ2v) is 27.2. The van der Waals surface area contributed by atoms with Gasteiger partial charge in [0.25, 0.3) is 0 Å². The van der Waals surface area contributed by atoms with Gasteiger partial charge in [-0.15, -0.1) is 0 Å². The minimum Gasteiger partial charge on any atom is -0.461 e. The molecule has 0 fully saturated rings. The van der Waals surface area contributed by atoms with Crippen LogP contribution in [-0.2, 0) is 98.9 Å². The Morgan fingerprint density at radius 2 is 0.392 bits per heavy atom. The topological polar surface area (TPSA) is 405 Å². The molecule has 0 bridgehead atoms. The number of hydrogen-bond acceptors (Lipinski definition) is 32. The van der Waals surface area contributed by atoms with Gasteiger partial charge in [0.2, 0.25) is 0 Å². The number of hydrogen-bond donors (Lipinski definition) is 0. The first-order chi connectivity index (χ1) is 57.4. The van der Waals surface area contributed by atoms with E-state index in [1.165, 1.54) is 172 Å². The number of esters is 14. The average molecular weight is 1660 g/mol. The lowest BCUT2D eigenvalue weighted by Gasteiger charge is -2.37. The Hall–Kier alpha value is -13.8. The molecular formula is C88H86O32. The van der Waals surface area contributed by atoms with Crippen molar-refractivity contribution in [2.75, 3.05) is 79.3 Å². The van der Waals surface area contributed by atoms with E-state index in [4.69, 9.17) is 85.3 Å². The summed E-state index contributed by atoms with van der Waals surface area (Å²) in [6.45, 7) is -0.643. The van der Waals surface area contributed by atoms with Gasteiger partial charge in [-0.3, -0.25) is 38.4 Å². The molecule has 0 aromatic heterocycles. The zero-order chi connectivity index (χ0) is 86.8. The van der Waals surface area contributed by atoms with Gasteiger partial charge >= 0.3 is 83.6 Å². The first kappa shape index (κ1) is 91.7. The number of carbonyl (C=O) groups excluding carboxylic acids is 14. The Balaban J connectivity index is 1.28. The molecule has 1 unspecified atom stereocenters. The molecule has 0 heterocycles.